The van der Waals surface area contributed by atoms with Crippen LogP contribution < -0.4 is 10.1 Å². The number of rotatable bonds is 5. The third kappa shape index (κ3) is 3.65. The summed E-state index contributed by atoms with van der Waals surface area (Å²) in [5.41, 5.74) is 2.85. The summed E-state index contributed by atoms with van der Waals surface area (Å²) in [5.74, 6) is 1.17. The van der Waals surface area contributed by atoms with Crippen LogP contribution in [0.4, 0.5) is 5.82 Å². The van der Waals surface area contributed by atoms with E-state index in [0.717, 1.165) is 16.6 Å². The summed E-state index contributed by atoms with van der Waals surface area (Å²) >= 11 is 0. The fourth-order valence-electron chi connectivity index (χ4n) is 3.36. The number of pyridine rings is 2. The Morgan fingerprint density at radius 1 is 1.00 bits per heavy atom. The van der Waals surface area contributed by atoms with Gasteiger partial charge in [0.2, 0.25) is 0 Å². The minimum absolute atomic E-state index is 0.0491. The molecule has 0 aliphatic carbocycles. The highest BCUT2D eigenvalue weighted by Crippen LogP contribution is 2.38. The molecule has 0 aliphatic heterocycles. The van der Waals surface area contributed by atoms with Gasteiger partial charge in [-0.25, -0.2) is 4.98 Å². The molecular formula is C23H21N3O3. The van der Waals surface area contributed by atoms with Gasteiger partial charge in [0, 0.05) is 22.8 Å². The van der Waals surface area contributed by atoms with Crippen LogP contribution in [-0.4, -0.2) is 27.3 Å². The molecule has 2 aromatic heterocycles. The average molecular weight is 387 g/mol. The van der Waals surface area contributed by atoms with E-state index in [1.807, 2.05) is 49.4 Å². The van der Waals surface area contributed by atoms with E-state index >= 15 is 0 Å². The number of nitrogens with one attached hydrogen (secondary N) is 1. The van der Waals surface area contributed by atoms with E-state index in [9.17, 15) is 10.2 Å². The van der Waals surface area contributed by atoms with Crippen LogP contribution in [0, 0.1) is 6.92 Å². The quantitative estimate of drug-likeness (QED) is 0.465. The number of methoxy groups -OCH3 is 1. The molecule has 2 heterocycles. The number of fused-ring (bicyclic) bond motifs is 1. The number of benzene rings is 2. The second kappa shape index (κ2) is 7.67. The Balaban J connectivity index is 1.87. The number of hydrogen-bond donors (Lipinski definition) is 3. The molecule has 29 heavy (non-hydrogen) atoms. The summed E-state index contributed by atoms with van der Waals surface area (Å²) in [6, 6.07) is 17.9. The van der Waals surface area contributed by atoms with Crippen molar-refractivity contribution < 1.29 is 14.9 Å². The zero-order valence-electron chi connectivity index (χ0n) is 16.1. The lowest BCUT2D eigenvalue weighted by Gasteiger charge is -2.23. The maximum atomic E-state index is 11.0. The van der Waals surface area contributed by atoms with Gasteiger partial charge in [-0.05, 0) is 42.8 Å². The van der Waals surface area contributed by atoms with Crippen molar-refractivity contribution in [2.75, 3.05) is 12.4 Å². The lowest BCUT2D eigenvalue weighted by Crippen LogP contribution is -2.14. The van der Waals surface area contributed by atoms with Gasteiger partial charge < -0.3 is 20.3 Å². The third-order valence-corrected chi connectivity index (χ3v) is 4.81. The van der Waals surface area contributed by atoms with Crippen LogP contribution in [0.1, 0.15) is 22.9 Å². The van der Waals surface area contributed by atoms with Crippen molar-refractivity contribution in [3.63, 3.8) is 0 Å². The van der Waals surface area contributed by atoms with Crippen LogP contribution in [0.3, 0.4) is 0 Å². The Morgan fingerprint density at radius 2 is 1.86 bits per heavy atom. The van der Waals surface area contributed by atoms with E-state index in [1.54, 1.807) is 24.4 Å². The number of aromatic hydroxyl groups is 2. The third-order valence-electron chi connectivity index (χ3n) is 4.81. The zero-order valence-corrected chi connectivity index (χ0v) is 16.1. The lowest BCUT2D eigenvalue weighted by molar-refractivity contribution is 0.373. The van der Waals surface area contributed by atoms with Crippen molar-refractivity contribution in [2.24, 2.45) is 0 Å². The number of anilines is 1. The molecule has 0 bridgehead atoms. The monoisotopic (exact) mass is 387 g/mol. The first kappa shape index (κ1) is 18.6. The predicted molar refractivity (Wildman–Crippen MR) is 113 cm³/mol. The second-order valence-electron chi connectivity index (χ2n) is 6.75. The Bertz CT molecular complexity index is 1180. The highest BCUT2D eigenvalue weighted by molar-refractivity contribution is 5.86. The van der Waals surface area contributed by atoms with Gasteiger partial charge in [-0.3, -0.25) is 4.98 Å². The highest BCUT2D eigenvalue weighted by Gasteiger charge is 2.21. The van der Waals surface area contributed by atoms with Crippen molar-refractivity contribution in [2.45, 2.75) is 13.0 Å². The summed E-state index contributed by atoms with van der Waals surface area (Å²) in [7, 11) is 1.50. The van der Waals surface area contributed by atoms with Crippen LogP contribution in [0.15, 0.2) is 66.9 Å². The Labute approximate surface area is 168 Å². The maximum absolute atomic E-state index is 11.0. The van der Waals surface area contributed by atoms with Crippen LogP contribution in [-0.2, 0) is 0 Å². The molecule has 2 aromatic carbocycles. The van der Waals surface area contributed by atoms with E-state index in [2.05, 4.69) is 15.3 Å². The zero-order chi connectivity index (χ0) is 20.4. The normalized spacial score (nSPS) is 11.9. The Kier molecular flexibility index (Phi) is 4.91. The van der Waals surface area contributed by atoms with Gasteiger partial charge in [-0.2, -0.15) is 0 Å². The first-order valence-corrected chi connectivity index (χ1v) is 9.20. The topological polar surface area (TPSA) is 87.5 Å². The number of ether oxygens (including phenoxy) is 1. The summed E-state index contributed by atoms with van der Waals surface area (Å²) in [6.45, 7) is 1.92. The molecule has 1 unspecified atom stereocenters. The van der Waals surface area contributed by atoms with Crippen molar-refractivity contribution in [3.8, 4) is 17.2 Å². The highest BCUT2D eigenvalue weighted by atomic mass is 16.5. The molecule has 0 saturated heterocycles. The molecule has 3 N–H and O–H groups in total. The molecule has 0 spiro atoms. The molecule has 146 valence electrons. The predicted octanol–water partition coefficient (Wildman–Crippen LogP) is 4.56. The molecule has 0 radical (unpaired) electrons. The molecule has 6 nitrogen and oxygen atoms in total. The summed E-state index contributed by atoms with van der Waals surface area (Å²) in [6.07, 6.45) is 1.65. The minimum Gasteiger partial charge on any atom is -0.505 e. The van der Waals surface area contributed by atoms with Gasteiger partial charge in [0.1, 0.15) is 17.1 Å². The maximum Gasteiger partial charge on any atom is 0.160 e. The molecule has 4 rings (SSSR count). The summed E-state index contributed by atoms with van der Waals surface area (Å²) < 4.78 is 5.27. The van der Waals surface area contributed by atoms with E-state index in [1.165, 1.54) is 7.11 Å². The largest absolute Gasteiger partial charge is 0.505 e. The van der Waals surface area contributed by atoms with Gasteiger partial charge >= 0.3 is 0 Å². The van der Waals surface area contributed by atoms with Gasteiger partial charge in [0.05, 0.1) is 13.2 Å². The van der Waals surface area contributed by atoms with Crippen molar-refractivity contribution in [1.29, 1.82) is 0 Å². The van der Waals surface area contributed by atoms with Crippen LogP contribution in [0.2, 0.25) is 0 Å². The van der Waals surface area contributed by atoms with Crippen LogP contribution >= 0.6 is 0 Å². The fourth-order valence-corrected chi connectivity index (χ4v) is 3.36. The number of hydrogen-bond acceptors (Lipinski definition) is 6. The molecule has 4 aromatic rings. The van der Waals surface area contributed by atoms with E-state index in [4.69, 9.17) is 4.74 Å². The SMILES string of the molecule is COc1cc(C(Nc2cccc(C)n2)c2ccc3cccnc3c2O)ccc1O. The van der Waals surface area contributed by atoms with Gasteiger partial charge in [-0.15, -0.1) is 0 Å². The van der Waals surface area contributed by atoms with Gasteiger partial charge in [-0.1, -0.05) is 30.3 Å². The number of phenols is 2. The second-order valence-corrected chi connectivity index (χ2v) is 6.75. The molecule has 1 atom stereocenters. The molecule has 0 amide bonds. The smallest absolute Gasteiger partial charge is 0.160 e. The lowest BCUT2D eigenvalue weighted by atomic mass is 9.96. The first-order chi connectivity index (χ1) is 14.1. The summed E-state index contributed by atoms with van der Waals surface area (Å²) in [5, 5.41) is 25.2. The van der Waals surface area contributed by atoms with Crippen molar-refractivity contribution >= 4 is 16.7 Å². The van der Waals surface area contributed by atoms with Crippen LogP contribution in [0.25, 0.3) is 10.9 Å². The Morgan fingerprint density at radius 3 is 2.66 bits per heavy atom. The molecule has 0 aliphatic rings. The number of aryl methyl sites for hydroxylation is 1. The molecular weight excluding hydrogens is 366 g/mol. The van der Waals surface area contributed by atoms with Crippen LogP contribution in [0.5, 0.6) is 17.2 Å². The Hall–Kier alpha value is -3.80. The standard InChI is InChI=1S/C23H21N3O3/c1-14-5-3-7-20(25-14)26-21(16-9-11-18(27)19(13-16)29-2)17-10-8-15-6-4-12-24-22(15)23(17)28/h3-13,21,27-28H,1-2H3,(H,25,26). The number of nitrogens with zero attached hydrogens (tertiary/aromatic N) is 2. The molecule has 0 saturated carbocycles. The molecule has 0 fully saturated rings. The van der Waals surface area contributed by atoms with E-state index in [0.29, 0.717) is 22.6 Å². The number of phenolic OH excluding ortho intramolecular Hbond substituents is 2. The van der Waals surface area contributed by atoms with E-state index < -0.39 is 6.04 Å². The van der Waals surface area contributed by atoms with E-state index in [-0.39, 0.29) is 11.5 Å². The molecule has 6 heteroatoms. The van der Waals surface area contributed by atoms with Gasteiger partial charge in [0.15, 0.2) is 11.5 Å². The van der Waals surface area contributed by atoms with Gasteiger partial charge in [0.25, 0.3) is 0 Å². The average Bonchev–Trinajstić information content (AvgIpc) is 2.73. The van der Waals surface area contributed by atoms with Crippen molar-refractivity contribution in [1.82, 2.24) is 9.97 Å². The number of aromatic nitrogens is 2. The minimum atomic E-state index is -0.440. The fraction of sp³-hybridized carbons (Fsp3) is 0.130. The summed E-state index contributed by atoms with van der Waals surface area (Å²) in [4.78, 5) is 8.86. The van der Waals surface area contributed by atoms with Crippen molar-refractivity contribution in [3.05, 3.63) is 83.7 Å². The first-order valence-electron chi connectivity index (χ1n) is 9.20.